The molecule has 6 aromatic rings. The van der Waals surface area contributed by atoms with E-state index in [1.165, 1.54) is 0 Å². The lowest BCUT2D eigenvalue weighted by Gasteiger charge is -2.11. The first-order valence-electron chi connectivity index (χ1n) is 7.56. The minimum atomic E-state index is -0.000920. The summed E-state index contributed by atoms with van der Waals surface area (Å²) in [5, 5.41) is 4.71. The molecule has 0 unspecified atom stereocenters. The van der Waals surface area contributed by atoms with E-state index in [1.807, 2.05) is 48.5 Å². The Balaban J connectivity index is 2.30. The number of hydrogen-bond acceptors (Lipinski definition) is 2. The summed E-state index contributed by atoms with van der Waals surface area (Å²) >= 11 is 0. The minimum Gasteiger partial charge on any atom is -0.306 e. The SMILES string of the molecule is O=c1c2cccc3c(=O)c4cccc5c6cccc1c6n(c23)c45. The average molecular weight is 295 g/mol. The second-order valence-corrected chi connectivity index (χ2v) is 6.10. The fraction of sp³-hybridized carbons (Fsp3) is 0. The molecule has 3 heterocycles. The second-order valence-electron chi connectivity index (χ2n) is 6.10. The number of pyridine rings is 2. The Morgan fingerprint density at radius 1 is 0.478 bits per heavy atom. The lowest BCUT2D eigenvalue weighted by molar-refractivity contribution is 1.34. The van der Waals surface area contributed by atoms with Crippen LogP contribution < -0.4 is 10.9 Å². The maximum absolute atomic E-state index is 12.9. The van der Waals surface area contributed by atoms with Crippen molar-refractivity contribution in [2.24, 2.45) is 0 Å². The van der Waals surface area contributed by atoms with Crippen molar-refractivity contribution in [1.82, 2.24) is 4.40 Å². The number of rotatable bonds is 0. The molecule has 3 aromatic heterocycles. The van der Waals surface area contributed by atoms with Gasteiger partial charge < -0.3 is 4.40 Å². The summed E-state index contributed by atoms with van der Waals surface area (Å²) in [4.78, 5) is 25.9. The molecule has 106 valence electrons. The van der Waals surface area contributed by atoms with Crippen molar-refractivity contribution in [2.75, 3.05) is 0 Å². The smallest absolute Gasteiger partial charge is 0.197 e. The van der Waals surface area contributed by atoms with Crippen LogP contribution in [-0.2, 0) is 0 Å². The number of nitrogens with zero attached hydrogens (tertiary/aromatic N) is 1. The van der Waals surface area contributed by atoms with Crippen LogP contribution in [0.2, 0.25) is 0 Å². The fourth-order valence-electron chi connectivity index (χ4n) is 4.15. The van der Waals surface area contributed by atoms with E-state index < -0.39 is 0 Å². The standard InChI is InChI=1S/C20H9NO2/c22-19-12-6-1-4-10-11-5-2-7-13-17(11)21(16(10)12)18-14(19)8-3-9-15(18)20(13)23/h1-9H. The molecule has 6 rings (SSSR count). The van der Waals surface area contributed by atoms with Crippen LogP contribution in [0.4, 0.5) is 0 Å². The summed E-state index contributed by atoms with van der Waals surface area (Å²) in [6.07, 6.45) is 0. The molecule has 0 aliphatic carbocycles. The summed E-state index contributed by atoms with van der Waals surface area (Å²) in [5.41, 5.74) is 2.60. The zero-order valence-electron chi connectivity index (χ0n) is 12.0. The first-order valence-corrected chi connectivity index (χ1v) is 7.56. The number of benzene rings is 3. The van der Waals surface area contributed by atoms with Crippen LogP contribution in [0.15, 0.2) is 64.2 Å². The molecule has 0 N–H and O–H groups in total. The van der Waals surface area contributed by atoms with E-state index in [1.54, 1.807) is 6.07 Å². The highest BCUT2D eigenvalue weighted by molar-refractivity contribution is 6.23. The lowest BCUT2D eigenvalue weighted by atomic mass is 10.0. The molecule has 0 saturated heterocycles. The molecule has 3 heteroatoms. The van der Waals surface area contributed by atoms with Gasteiger partial charge in [0.05, 0.1) is 16.6 Å². The summed E-state index contributed by atoms with van der Waals surface area (Å²) in [7, 11) is 0. The van der Waals surface area contributed by atoms with Crippen molar-refractivity contribution >= 4 is 48.9 Å². The molecule has 0 amide bonds. The van der Waals surface area contributed by atoms with E-state index in [2.05, 4.69) is 4.40 Å². The van der Waals surface area contributed by atoms with Gasteiger partial charge >= 0.3 is 0 Å². The van der Waals surface area contributed by atoms with Gasteiger partial charge in [0.25, 0.3) is 0 Å². The Kier molecular flexibility index (Phi) is 1.69. The van der Waals surface area contributed by atoms with Gasteiger partial charge in [0.1, 0.15) is 0 Å². The third-order valence-electron chi connectivity index (χ3n) is 5.05. The van der Waals surface area contributed by atoms with Crippen molar-refractivity contribution in [2.45, 2.75) is 0 Å². The van der Waals surface area contributed by atoms with Gasteiger partial charge in [-0.25, -0.2) is 0 Å². The van der Waals surface area contributed by atoms with Gasteiger partial charge in [0, 0.05) is 32.3 Å². The predicted molar refractivity (Wildman–Crippen MR) is 93.5 cm³/mol. The molecular formula is C20H9NO2. The molecule has 0 spiro atoms. The van der Waals surface area contributed by atoms with Crippen molar-refractivity contribution in [3.63, 3.8) is 0 Å². The Labute approximate surface area is 129 Å². The number of para-hydroxylation sites is 3. The van der Waals surface area contributed by atoms with E-state index in [0.717, 1.165) is 27.3 Å². The quantitative estimate of drug-likeness (QED) is 0.317. The highest BCUT2D eigenvalue weighted by atomic mass is 16.1. The van der Waals surface area contributed by atoms with Crippen LogP contribution in [-0.4, -0.2) is 4.40 Å². The molecule has 0 atom stereocenters. The number of fused-ring (bicyclic) bond motifs is 1. The van der Waals surface area contributed by atoms with Crippen LogP contribution in [0.3, 0.4) is 0 Å². The van der Waals surface area contributed by atoms with Crippen molar-refractivity contribution < 1.29 is 0 Å². The maximum Gasteiger partial charge on any atom is 0.197 e. The zero-order chi connectivity index (χ0) is 15.3. The molecule has 0 aliphatic heterocycles. The summed E-state index contributed by atoms with van der Waals surface area (Å²) in [6.45, 7) is 0. The predicted octanol–water partition coefficient (Wildman–Crippen LogP) is 3.59. The largest absolute Gasteiger partial charge is 0.306 e. The Bertz CT molecular complexity index is 1390. The van der Waals surface area contributed by atoms with Gasteiger partial charge in [-0.05, 0) is 24.3 Å². The van der Waals surface area contributed by atoms with Gasteiger partial charge in [-0.15, -0.1) is 0 Å². The van der Waals surface area contributed by atoms with Crippen molar-refractivity contribution in [3.05, 3.63) is 75.0 Å². The van der Waals surface area contributed by atoms with E-state index in [-0.39, 0.29) is 10.9 Å². The molecule has 0 bridgehead atoms. The molecule has 23 heavy (non-hydrogen) atoms. The van der Waals surface area contributed by atoms with Gasteiger partial charge in [0.2, 0.25) is 0 Å². The van der Waals surface area contributed by atoms with Gasteiger partial charge in [0.15, 0.2) is 10.9 Å². The molecular weight excluding hydrogens is 286 g/mol. The van der Waals surface area contributed by atoms with Gasteiger partial charge in [-0.3, -0.25) is 9.59 Å². The normalized spacial score (nSPS) is 12.7. The lowest BCUT2D eigenvalue weighted by Crippen LogP contribution is -2.12. The third-order valence-corrected chi connectivity index (χ3v) is 5.05. The van der Waals surface area contributed by atoms with Crippen LogP contribution in [0.25, 0.3) is 48.9 Å². The molecule has 0 aliphatic rings. The highest BCUT2D eigenvalue weighted by Crippen LogP contribution is 2.36. The first kappa shape index (κ1) is 11.4. The topological polar surface area (TPSA) is 38.5 Å². The first-order chi connectivity index (χ1) is 11.3. The van der Waals surface area contributed by atoms with Crippen LogP contribution >= 0.6 is 0 Å². The minimum absolute atomic E-state index is 0.000920. The van der Waals surface area contributed by atoms with E-state index in [4.69, 9.17) is 0 Å². The molecule has 0 saturated carbocycles. The van der Waals surface area contributed by atoms with Gasteiger partial charge in [-0.2, -0.15) is 0 Å². The highest BCUT2D eigenvalue weighted by Gasteiger charge is 2.22. The Hall–Kier alpha value is -3.20. The summed E-state index contributed by atoms with van der Waals surface area (Å²) in [5.74, 6) is 0. The van der Waals surface area contributed by atoms with Crippen molar-refractivity contribution in [1.29, 1.82) is 0 Å². The molecule has 0 fully saturated rings. The maximum atomic E-state index is 12.9. The molecule has 0 radical (unpaired) electrons. The third kappa shape index (κ3) is 1.06. The van der Waals surface area contributed by atoms with E-state index >= 15 is 0 Å². The van der Waals surface area contributed by atoms with E-state index in [9.17, 15) is 9.59 Å². The Morgan fingerprint density at radius 2 is 0.783 bits per heavy atom. The Morgan fingerprint density at radius 3 is 1.17 bits per heavy atom. The van der Waals surface area contributed by atoms with Crippen molar-refractivity contribution in [3.8, 4) is 0 Å². The summed E-state index contributed by atoms with van der Waals surface area (Å²) < 4.78 is 2.11. The second kappa shape index (κ2) is 3.41. The zero-order valence-corrected chi connectivity index (χ0v) is 12.0. The van der Waals surface area contributed by atoms with Crippen LogP contribution in [0.5, 0.6) is 0 Å². The molecule has 3 aromatic carbocycles. The fourth-order valence-corrected chi connectivity index (χ4v) is 4.15. The van der Waals surface area contributed by atoms with Crippen LogP contribution in [0, 0.1) is 0 Å². The number of aromatic nitrogens is 1. The van der Waals surface area contributed by atoms with Crippen LogP contribution in [0.1, 0.15) is 0 Å². The van der Waals surface area contributed by atoms with E-state index in [0.29, 0.717) is 21.5 Å². The monoisotopic (exact) mass is 295 g/mol. The average Bonchev–Trinajstić information content (AvgIpc) is 2.93. The van der Waals surface area contributed by atoms with Gasteiger partial charge in [-0.1, -0.05) is 30.3 Å². The number of hydrogen-bond donors (Lipinski definition) is 0. The summed E-state index contributed by atoms with van der Waals surface area (Å²) in [6, 6.07) is 17.1. The molecule has 3 nitrogen and oxygen atoms in total.